The number of nitrogens with one attached hydrogen (secondary N) is 1. The molecule has 2 aliphatic rings. The number of benzene rings is 1. The van der Waals surface area contributed by atoms with Crippen LogP contribution in [0.4, 0.5) is 0 Å². The molecule has 0 aliphatic heterocycles. The fraction of sp³-hybridized carbons (Fsp3) is 0.615. The van der Waals surface area contributed by atoms with Gasteiger partial charge in [0, 0.05) is 6.54 Å². The molecule has 3 unspecified atom stereocenters. The van der Waals surface area contributed by atoms with Crippen LogP contribution >= 0.6 is 11.3 Å². The maximum absolute atomic E-state index is 13.0. The van der Waals surface area contributed by atoms with Gasteiger partial charge in [0.15, 0.2) is 5.01 Å². The summed E-state index contributed by atoms with van der Waals surface area (Å²) in [5.74, 6) is 2.32. The van der Waals surface area contributed by atoms with Gasteiger partial charge in [-0.05, 0) is 60.8 Å². The van der Waals surface area contributed by atoms with Gasteiger partial charge in [-0.3, -0.25) is 4.79 Å². The Morgan fingerprint density at radius 3 is 2.80 bits per heavy atom. The molecule has 1 amide bonds. The minimum absolute atomic E-state index is 0.0135. The lowest BCUT2D eigenvalue weighted by Gasteiger charge is -2.22. The van der Waals surface area contributed by atoms with Gasteiger partial charge in [-0.15, -0.1) is 11.3 Å². The summed E-state index contributed by atoms with van der Waals surface area (Å²) in [5.41, 5.74) is 2.74. The number of thiazole rings is 1. The second-order valence-electron chi connectivity index (χ2n) is 9.97. The third kappa shape index (κ3) is 4.80. The number of carbonyl (C=O) groups excluding carboxylic acids is 1. The van der Waals surface area contributed by atoms with E-state index in [1.165, 1.54) is 44.1 Å². The Morgan fingerprint density at radius 1 is 1.23 bits per heavy atom. The summed E-state index contributed by atoms with van der Waals surface area (Å²) >= 11 is 1.56. The normalized spacial score (nSPS) is 24.7. The van der Waals surface area contributed by atoms with Crippen LogP contribution < -0.4 is 5.32 Å². The van der Waals surface area contributed by atoms with Crippen molar-refractivity contribution in [2.24, 2.45) is 23.2 Å². The molecule has 3 atom stereocenters. The molecule has 0 saturated heterocycles. The number of hydrogen-bond acceptors (Lipinski definition) is 3. The van der Waals surface area contributed by atoms with Crippen molar-refractivity contribution >= 4 is 17.2 Å². The van der Waals surface area contributed by atoms with E-state index in [0.29, 0.717) is 16.3 Å². The Balaban J connectivity index is 1.43. The second-order valence-corrected chi connectivity index (χ2v) is 11.0. The van der Waals surface area contributed by atoms with Crippen molar-refractivity contribution in [3.63, 3.8) is 0 Å². The average molecular weight is 425 g/mol. The van der Waals surface area contributed by atoms with E-state index < -0.39 is 0 Å². The van der Waals surface area contributed by atoms with Crippen LogP contribution in [-0.2, 0) is 6.42 Å². The van der Waals surface area contributed by atoms with Crippen LogP contribution in [0.25, 0.3) is 10.4 Å². The highest BCUT2D eigenvalue weighted by atomic mass is 32.1. The van der Waals surface area contributed by atoms with Gasteiger partial charge in [0.25, 0.3) is 5.91 Å². The zero-order valence-electron chi connectivity index (χ0n) is 18.7. The van der Waals surface area contributed by atoms with Gasteiger partial charge in [0.1, 0.15) is 0 Å². The first-order valence-electron chi connectivity index (χ1n) is 11.8. The van der Waals surface area contributed by atoms with E-state index in [2.05, 4.69) is 50.4 Å². The lowest BCUT2D eigenvalue weighted by molar-refractivity contribution is 0.0943. The molecular formula is C26H36N2OS. The summed E-state index contributed by atoms with van der Waals surface area (Å²) in [4.78, 5) is 18.9. The highest BCUT2D eigenvalue weighted by Crippen LogP contribution is 2.59. The van der Waals surface area contributed by atoms with Gasteiger partial charge in [-0.2, -0.15) is 0 Å². The van der Waals surface area contributed by atoms with Crippen molar-refractivity contribution in [1.82, 2.24) is 10.3 Å². The molecule has 2 fully saturated rings. The van der Waals surface area contributed by atoms with Gasteiger partial charge in [-0.1, -0.05) is 70.4 Å². The Hall–Kier alpha value is -1.68. The van der Waals surface area contributed by atoms with Crippen LogP contribution in [0, 0.1) is 23.2 Å². The van der Waals surface area contributed by atoms with Gasteiger partial charge < -0.3 is 5.32 Å². The highest BCUT2D eigenvalue weighted by Gasteiger charge is 2.52. The Morgan fingerprint density at radius 2 is 2.03 bits per heavy atom. The van der Waals surface area contributed by atoms with Crippen molar-refractivity contribution in [3.8, 4) is 10.4 Å². The van der Waals surface area contributed by atoms with Crippen LogP contribution in [-0.4, -0.2) is 17.4 Å². The van der Waals surface area contributed by atoms with Gasteiger partial charge in [-0.25, -0.2) is 4.98 Å². The Kier molecular flexibility index (Phi) is 6.62. The number of aromatic nitrogens is 1. The van der Waals surface area contributed by atoms with Crippen LogP contribution in [0.3, 0.4) is 0 Å². The maximum atomic E-state index is 13.0. The number of amides is 1. The van der Waals surface area contributed by atoms with Gasteiger partial charge in [0.05, 0.1) is 10.6 Å². The van der Waals surface area contributed by atoms with Crippen molar-refractivity contribution in [3.05, 3.63) is 41.0 Å². The van der Waals surface area contributed by atoms with E-state index in [4.69, 9.17) is 4.98 Å². The molecule has 0 spiro atoms. The summed E-state index contributed by atoms with van der Waals surface area (Å²) in [7, 11) is 0. The number of hydrogen-bond donors (Lipinski definition) is 1. The molecule has 1 aromatic heterocycles. The standard InChI is InChI=1S/C26H36N2OS/c1-4-5-7-14-22-23(18-11-8-6-9-12-18)30-25(28-22)24(29)27-17-19-13-10-15-26(2,3)21-16-20(19)21/h6,8-9,11-12,19-21H,4-5,7,10,13-17H2,1-3H3,(H,27,29). The fourth-order valence-corrected chi connectivity index (χ4v) is 6.42. The summed E-state index contributed by atoms with van der Waals surface area (Å²) < 4.78 is 0. The van der Waals surface area contributed by atoms with E-state index in [0.717, 1.165) is 41.8 Å². The second kappa shape index (κ2) is 9.21. The summed E-state index contributed by atoms with van der Waals surface area (Å²) in [6, 6.07) is 10.4. The number of aryl methyl sites for hydroxylation is 1. The summed E-state index contributed by atoms with van der Waals surface area (Å²) in [5, 5.41) is 3.88. The molecule has 4 heteroatoms. The lowest BCUT2D eigenvalue weighted by atomic mass is 9.83. The minimum atomic E-state index is 0.0135. The maximum Gasteiger partial charge on any atom is 0.280 e. The molecule has 1 N–H and O–H groups in total. The highest BCUT2D eigenvalue weighted by molar-refractivity contribution is 7.17. The molecule has 0 bridgehead atoms. The van der Waals surface area contributed by atoms with E-state index in [1.54, 1.807) is 11.3 Å². The fourth-order valence-electron chi connectivity index (χ4n) is 5.38. The Bertz CT molecular complexity index is 857. The van der Waals surface area contributed by atoms with Crippen molar-refractivity contribution in [1.29, 1.82) is 0 Å². The SMILES string of the molecule is CCCCCc1nc(C(=O)NCC2CCCC(C)(C)C3CC23)sc1-c1ccccc1. The molecule has 0 radical (unpaired) electrons. The first-order chi connectivity index (χ1) is 14.5. The van der Waals surface area contributed by atoms with E-state index in [9.17, 15) is 4.79 Å². The molecule has 2 aromatic rings. The van der Waals surface area contributed by atoms with Crippen molar-refractivity contribution in [2.45, 2.75) is 72.1 Å². The van der Waals surface area contributed by atoms with Gasteiger partial charge in [0.2, 0.25) is 0 Å². The van der Waals surface area contributed by atoms with Crippen LogP contribution in [0.1, 0.15) is 81.2 Å². The molecule has 30 heavy (non-hydrogen) atoms. The quantitative estimate of drug-likeness (QED) is 0.477. The summed E-state index contributed by atoms with van der Waals surface area (Å²) in [6.45, 7) is 7.89. The van der Waals surface area contributed by atoms with Crippen molar-refractivity contribution < 1.29 is 4.79 Å². The molecule has 1 heterocycles. The predicted octanol–water partition coefficient (Wildman–Crippen LogP) is 6.74. The lowest BCUT2D eigenvalue weighted by Crippen LogP contribution is -2.30. The molecule has 2 saturated carbocycles. The number of fused-ring (bicyclic) bond motifs is 1. The number of nitrogens with zero attached hydrogens (tertiary/aromatic N) is 1. The molecule has 162 valence electrons. The zero-order chi connectivity index (χ0) is 21.1. The van der Waals surface area contributed by atoms with Crippen LogP contribution in [0.5, 0.6) is 0 Å². The molecule has 4 rings (SSSR count). The topological polar surface area (TPSA) is 42.0 Å². The molecule has 1 aromatic carbocycles. The smallest absolute Gasteiger partial charge is 0.280 e. The van der Waals surface area contributed by atoms with E-state index in [-0.39, 0.29) is 5.91 Å². The average Bonchev–Trinajstić information content (AvgIpc) is 3.46. The van der Waals surface area contributed by atoms with Crippen molar-refractivity contribution in [2.75, 3.05) is 6.54 Å². The molecule has 2 aliphatic carbocycles. The van der Waals surface area contributed by atoms with E-state index in [1.807, 2.05) is 6.07 Å². The largest absolute Gasteiger partial charge is 0.350 e. The van der Waals surface area contributed by atoms with E-state index >= 15 is 0 Å². The monoisotopic (exact) mass is 424 g/mol. The number of rotatable bonds is 8. The third-order valence-electron chi connectivity index (χ3n) is 7.31. The first kappa shape index (κ1) is 21.5. The zero-order valence-corrected chi connectivity index (χ0v) is 19.6. The number of carbonyl (C=O) groups is 1. The predicted molar refractivity (Wildman–Crippen MR) is 126 cm³/mol. The molecular weight excluding hydrogens is 388 g/mol. The molecule has 3 nitrogen and oxygen atoms in total. The third-order valence-corrected chi connectivity index (χ3v) is 8.46. The first-order valence-corrected chi connectivity index (χ1v) is 12.6. The Labute approximate surface area is 185 Å². The number of unbranched alkanes of at least 4 members (excludes halogenated alkanes) is 2. The minimum Gasteiger partial charge on any atom is -0.350 e. The van der Waals surface area contributed by atoms with Gasteiger partial charge >= 0.3 is 0 Å². The van der Waals surface area contributed by atoms with Crippen LogP contribution in [0.2, 0.25) is 0 Å². The summed E-state index contributed by atoms with van der Waals surface area (Å²) in [6.07, 6.45) is 9.69. The van der Waals surface area contributed by atoms with Crippen LogP contribution in [0.15, 0.2) is 30.3 Å².